The Labute approximate surface area is 97.9 Å². The molecule has 0 amide bonds. The lowest BCUT2D eigenvalue weighted by Gasteiger charge is -2.44. The Morgan fingerprint density at radius 1 is 1.31 bits per heavy atom. The molecule has 94 valence electrons. The molecule has 0 heterocycles. The highest BCUT2D eigenvalue weighted by Crippen LogP contribution is 2.43. The van der Waals surface area contributed by atoms with Crippen molar-refractivity contribution in [1.82, 2.24) is 0 Å². The molecule has 0 saturated heterocycles. The summed E-state index contributed by atoms with van der Waals surface area (Å²) in [5, 5.41) is 19.8. The third kappa shape index (κ3) is 2.10. The SMILES string of the molecule is CC1CCCC(C(O)(C(=O)O)C(C)C)C1C. The van der Waals surface area contributed by atoms with Crippen molar-refractivity contribution in [3.05, 3.63) is 0 Å². The number of carboxylic acid groups (broad SMARTS) is 1. The fourth-order valence-corrected chi connectivity index (χ4v) is 3.04. The van der Waals surface area contributed by atoms with Gasteiger partial charge in [-0.2, -0.15) is 0 Å². The number of carboxylic acids is 1. The van der Waals surface area contributed by atoms with Gasteiger partial charge in [0.2, 0.25) is 0 Å². The molecule has 1 rings (SSSR count). The molecular formula is C13H24O3. The van der Waals surface area contributed by atoms with Crippen LogP contribution in [-0.2, 0) is 4.79 Å². The highest BCUT2D eigenvalue weighted by atomic mass is 16.4. The average molecular weight is 228 g/mol. The molecule has 2 N–H and O–H groups in total. The van der Waals surface area contributed by atoms with E-state index in [9.17, 15) is 15.0 Å². The molecule has 0 aromatic rings. The molecule has 3 nitrogen and oxygen atoms in total. The molecule has 3 heteroatoms. The minimum absolute atomic E-state index is 0.117. The minimum atomic E-state index is -1.56. The monoisotopic (exact) mass is 228 g/mol. The highest BCUT2D eigenvalue weighted by Gasteiger charge is 2.50. The van der Waals surface area contributed by atoms with Crippen molar-refractivity contribution in [3.8, 4) is 0 Å². The molecule has 1 fully saturated rings. The zero-order valence-corrected chi connectivity index (χ0v) is 10.7. The third-order valence-electron chi connectivity index (χ3n) is 4.49. The standard InChI is InChI=1S/C13H24O3/c1-8(2)13(16,12(14)15)11-7-5-6-9(3)10(11)4/h8-11,16H,5-7H2,1-4H3,(H,14,15). The zero-order valence-electron chi connectivity index (χ0n) is 10.7. The van der Waals surface area contributed by atoms with E-state index in [0.29, 0.717) is 5.92 Å². The Balaban J connectivity index is 2.98. The molecule has 0 bridgehead atoms. The number of hydrogen-bond donors (Lipinski definition) is 2. The van der Waals surface area contributed by atoms with E-state index in [4.69, 9.17) is 0 Å². The third-order valence-corrected chi connectivity index (χ3v) is 4.49. The second kappa shape index (κ2) is 4.74. The number of hydrogen-bond acceptors (Lipinski definition) is 2. The highest BCUT2D eigenvalue weighted by molar-refractivity contribution is 5.78. The molecule has 0 aromatic carbocycles. The van der Waals surface area contributed by atoms with Crippen LogP contribution in [0, 0.1) is 23.7 Å². The van der Waals surface area contributed by atoms with Crippen LogP contribution in [0.2, 0.25) is 0 Å². The first kappa shape index (κ1) is 13.5. The molecule has 4 unspecified atom stereocenters. The Morgan fingerprint density at radius 3 is 2.31 bits per heavy atom. The molecule has 4 atom stereocenters. The van der Waals surface area contributed by atoms with Crippen LogP contribution in [0.25, 0.3) is 0 Å². The van der Waals surface area contributed by atoms with Crippen LogP contribution in [0.15, 0.2) is 0 Å². The summed E-state index contributed by atoms with van der Waals surface area (Å²) in [5.41, 5.74) is -1.56. The predicted octanol–water partition coefficient (Wildman–Crippen LogP) is 2.53. The van der Waals surface area contributed by atoms with Gasteiger partial charge in [-0.05, 0) is 24.2 Å². The quantitative estimate of drug-likeness (QED) is 0.780. The molecule has 0 spiro atoms. The number of aliphatic carboxylic acids is 1. The van der Waals surface area contributed by atoms with E-state index in [2.05, 4.69) is 13.8 Å². The molecule has 0 radical (unpaired) electrons. The summed E-state index contributed by atoms with van der Waals surface area (Å²) in [6.07, 6.45) is 3.00. The maximum atomic E-state index is 11.4. The predicted molar refractivity (Wildman–Crippen MR) is 63.1 cm³/mol. The van der Waals surface area contributed by atoms with Gasteiger partial charge >= 0.3 is 5.97 Å². The van der Waals surface area contributed by atoms with E-state index in [1.807, 2.05) is 0 Å². The van der Waals surface area contributed by atoms with Crippen LogP contribution in [0.5, 0.6) is 0 Å². The van der Waals surface area contributed by atoms with Crippen LogP contribution in [0.1, 0.15) is 47.0 Å². The number of rotatable bonds is 3. The number of aliphatic hydroxyl groups is 1. The van der Waals surface area contributed by atoms with Gasteiger partial charge in [0.1, 0.15) is 0 Å². The molecular weight excluding hydrogens is 204 g/mol. The number of carbonyl (C=O) groups is 1. The lowest BCUT2D eigenvalue weighted by Crippen LogP contribution is -2.54. The van der Waals surface area contributed by atoms with E-state index < -0.39 is 11.6 Å². The van der Waals surface area contributed by atoms with Gasteiger partial charge in [-0.15, -0.1) is 0 Å². The van der Waals surface area contributed by atoms with Gasteiger partial charge < -0.3 is 10.2 Å². The maximum Gasteiger partial charge on any atom is 0.336 e. The van der Waals surface area contributed by atoms with Crippen LogP contribution >= 0.6 is 0 Å². The lowest BCUT2D eigenvalue weighted by atomic mass is 9.63. The Morgan fingerprint density at radius 2 is 1.88 bits per heavy atom. The first-order chi connectivity index (χ1) is 7.31. The van der Waals surface area contributed by atoms with Crippen LogP contribution < -0.4 is 0 Å². The van der Waals surface area contributed by atoms with Gasteiger partial charge in [-0.1, -0.05) is 40.5 Å². The lowest BCUT2D eigenvalue weighted by molar-refractivity contribution is -0.178. The van der Waals surface area contributed by atoms with Crippen molar-refractivity contribution in [2.24, 2.45) is 23.7 Å². The van der Waals surface area contributed by atoms with Crippen molar-refractivity contribution in [1.29, 1.82) is 0 Å². The second-order valence-corrected chi connectivity index (χ2v) is 5.66. The summed E-state index contributed by atoms with van der Waals surface area (Å²) in [6.45, 7) is 7.81. The van der Waals surface area contributed by atoms with Gasteiger partial charge in [-0.3, -0.25) is 0 Å². The van der Waals surface area contributed by atoms with Gasteiger partial charge in [-0.25, -0.2) is 4.79 Å². The summed E-state index contributed by atoms with van der Waals surface area (Å²) >= 11 is 0. The fraction of sp³-hybridized carbons (Fsp3) is 0.923. The van der Waals surface area contributed by atoms with Crippen LogP contribution in [0.3, 0.4) is 0 Å². The van der Waals surface area contributed by atoms with Crippen LogP contribution in [0.4, 0.5) is 0 Å². The second-order valence-electron chi connectivity index (χ2n) is 5.66. The van der Waals surface area contributed by atoms with E-state index in [0.717, 1.165) is 19.3 Å². The van der Waals surface area contributed by atoms with Gasteiger partial charge in [0.05, 0.1) is 0 Å². The topological polar surface area (TPSA) is 57.5 Å². The van der Waals surface area contributed by atoms with Gasteiger partial charge in [0, 0.05) is 5.92 Å². The molecule has 1 aliphatic rings. The summed E-state index contributed by atoms with van der Waals surface area (Å²) in [4.78, 5) is 11.4. The largest absolute Gasteiger partial charge is 0.479 e. The normalized spacial score (nSPS) is 34.8. The minimum Gasteiger partial charge on any atom is -0.479 e. The molecule has 0 aromatic heterocycles. The van der Waals surface area contributed by atoms with E-state index in [1.165, 1.54) is 0 Å². The van der Waals surface area contributed by atoms with E-state index in [-0.39, 0.29) is 17.8 Å². The molecule has 1 saturated carbocycles. The fourth-order valence-electron chi connectivity index (χ4n) is 3.04. The summed E-state index contributed by atoms with van der Waals surface area (Å²) in [5.74, 6) is -0.648. The molecule has 0 aliphatic heterocycles. The van der Waals surface area contributed by atoms with Crippen LogP contribution in [-0.4, -0.2) is 21.8 Å². The zero-order chi connectivity index (χ0) is 12.5. The summed E-state index contributed by atoms with van der Waals surface area (Å²) in [6, 6.07) is 0. The Kier molecular flexibility index (Phi) is 4.00. The smallest absolute Gasteiger partial charge is 0.336 e. The van der Waals surface area contributed by atoms with Crippen molar-refractivity contribution in [2.75, 3.05) is 0 Å². The van der Waals surface area contributed by atoms with Crippen molar-refractivity contribution in [3.63, 3.8) is 0 Å². The summed E-state index contributed by atoms with van der Waals surface area (Å²) in [7, 11) is 0. The molecule has 1 aliphatic carbocycles. The van der Waals surface area contributed by atoms with Crippen molar-refractivity contribution >= 4 is 5.97 Å². The first-order valence-corrected chi connectivity index (χ1v) is 6.27. The van der Waals surface area contributed by atoms with Crippen molar-refractivity contribution < 1.29 is 15.0 Å². The summed E-state index contributed by atoms with van der Waals surface area (Å²) < 4.78 is 0. The van der Waals surface area contributed by atoms with E-state index in [1.54, 1.807) is 13.8 Å². The van der Waals surface area contributed by atoms with Gasteiger partial charge in [0.15, 0.2) is 5.60 Å². The Hall–Kier alpha value is -0.570. The molecule has 16 heavy (non-hydrogen) atoms. The maximum absolute atomic E-state index is 11.4. The Bertz CT molecular complexity index is 262. The first-order valence-electron chi connectivity index (χ1n) is 6.27. The van der Waals surface area contributed by atoms with Crippen molar-refractivity contribution in [2.45, 2.75) is 52.6 Å². The van der Waals surface area contributed by atoms with E-state index >= 15 is 0 Å². The van der Waals surface area contributed by atoms with Gasteiger partial charge in [0.25, 0.3) is 0 Å². The average Bonchev–Trinajstić information content (AvgIpc) is 2.20.